The number of hydrogen-bond donors (Lipinski definition) is 3. The quantitative estimate of drug-likeness (QED) is 0.0261. The standard InChI is InChI=1S/C39H54N4O7SSi2.C32H48N4O7SSi2/c1-29-23-31(17-18-32(29)36-25-37(44)43(51(36,47)48)28-50-20-22-53(5,6)7)24-35(41(39(45)46)26-30-13-9-8-10-14-30)38-40-33-15-11-12-16-34(33)42(38)27-49-19-21-52(2,3)4;1-23-18-24(12-13-25(23)29-20-30(37)36(44(29,40)41)22-43-15-17-46(5,6)7)19-27(34-32(38)39)31-33-26-10-8-9-11-28(26)35(31)21-42-14-16-45(2,3)4/h8-18,23,35-36H,19-22,24-28H2,1-7H3,(H,45,46);8-13,18,27,29,34H,14-17,19-22H2,1-7H3,(H,38,39)/t35-,36-;27-,29+/m00/s1. The van der Waals surface area contributed by atoms with Gasteiger partial charge in [0, 0.05) is 78.1 Å². The van der Waals surface area contributed by atoms with Crippen LogP contribution >= 0.6 is 0 Å². The van der Waals surface area contributed by atoms with Crippen LogP contribution < -0.4 is 5.32 Å². The Morgan fingerprint density at radius 3 is 1.31 bits per heavy atom. The molecule has 4 atom stereocenters. The van der Waals surface area contributed by atoms with Gasteiger partial charge in [-0.15, -0.1) is 0 Å². The summed E-state index contributed by atoms with van der Waals surface area (Å²) in [6.45, 7) is 32.7. The van der Waals surface area contributed by atoms with Gasteiger partial charge in [0.15, 0.2) is 0 Å². The number of sulfonamides is 2. The fraction of sp³-hybridized carbons (Fsp3) is 0.493. The van der Waals surface area contributed by atoms with E-state index in [1.165, 1.54) is 4.90 Å². The van der Waals surface area contributed by atoms with Crippen molar-refractivity contribution in [2.45, 2.75) is 185 Å². The van der Waals surface area contributed by atoms with Crippen LogP contribution in [0.2, 0.25) is 103 Å². The summed E-state index contributed by atoms with van der Waals surface area (Å²) in [6, 6.07) is 38.0. The summed E-state index contributed by atoms with van der Waals surface area (Å²) in [5, 5.41) is 21.1. The Hall–Kier alpha value is -6.87. The summed E-state index contributed by atoms with van der Waals surface area (Å²) >= 11 is 0. The second-order valence-electron chi connectivity index (χ2n) is 30.8. The molecule has 3 N–H and O–H groups in total. The topological polar surface area (TPSA) is 271 Å². The minimum Gasteiger partial charge on any atom is -0.465 e. The molecular weight excluding hydrogens is 1370 g/mol. The third-order valence-corrected chi connectivity index (χ3v) is 28.7. The number of para-hydroxylation sites is 4. The Morgan fingerprint density at radius 1 is 0.525 bits per heavy atom. The van der Waals surface area contributed by atoms with Crippen LogP contribution in [0.1, 0.15) is 86.0 Å². The molecule has 4 amide bonds. The highest BCUT2D eigenvalue weighted by atomic mass is 32.2. The first-order valence-electron chi connectivity index (χ1n) is 33.9. The van der Waals surface area contributed by atoms with Crippen LogP contribution in [0.15, 0.2) is 115 Å². The Labute approximate surface area is 588 Å². The van der Waals surface area contributed by atoms with E-state index in [0.29, 0.717) is 60.3 Å². The number of nitrogens with one attached hydrogen (secondary N) is 1. The van der Waals surface area contributed by atoms with Crippen molar-refractivity contribution in [3.63, 3.8) is 0 Å². The summed E-state index contributed by atoms with van der Waals surface area (Å²) in [5.41, 5.74) is 8.12. The predicted molar refractivity (Wildman–Crippen MR) is 398 cm³/mol. The number of carbonyl (C=O) groups is 4. The molecular formula is C71H102N8O14S2Si4. The Kier molecular flexibility index (Phi) is 25.8. The van der Waals surface area contributed by atoms with Crippen molar-refractivity contribution < 1.29 is 65.2 Å². The molecule has 0 radical (unpaired) electrons. The van der Waals surface area contributed by atoms with Gasteiger partial charge in [-0.3, -0.25) is 14.5 Å². The van der Waals surface area contributed by atoms with Crippen LogP contribution in [0, 0.1) is 13.8 Å². The maximum Gasteiger partial charge on any atom is 0.408 e. The average Bonchev–Trinajstić information content (AvgIpc) is 1.66. The number of benzene rings is 5. The molecule has 0 spiro atoms. The van der Waals surface area contributed by atoms with Gasteiger partial charge in [-0.2, -0.15) is 0 Å². The molecule has 538 valence electrons. The molecule has 0 saturated carbocycles. The highest BCUT2D eigenvalue weighted by molar-refractivity contribution is 7.90. The second kappa shape index (κ2) is 32.8. The molecule has 2 fully saturated rings. The minimum atomic E-state index is -3.99. The third-order valence-electron chi connectivity index (χ3n) is 17.8. The molecule has 4 heterocycles. The second-order valence-corrected chi connectivity index (χ2v) is 57.4. The molecule has 99 heavy (non-hydrogen) atoms. The number of ether oxygens (including phenoxy) is 4. The van der Waals surface area contributed by atoms with Gasteiger partial charge >= 0.3 is 12.2 Å². The van der Waals surface area contributed by atoms with Gasteiger partial charge in [-0.1, -0.05) is 170 Å². The first-order chi connectivity index (χ1) is 46.4. The lowest BCUT2D eigenvalue weighted by atomic mass is 9.96. The van der Waals surface area contributed by atoms with Crippen molar-refractivity contribution in [3.05, 3.63) is 166 Å². The number of carboxylic acid groups (broad SMARTS) is 2. The van der Waals surface area contributed by atoms with Gasteiger partial charge in [-0.05, 0) is 101 Å². The highest BCUT2D eigenvalue weighted by Gasteiger charge is 2.47. The molecule has 5 aromatic carbocycles. The van der Waals surface area contributed by atoms with Crippen LogP contribution in [-0.2, 0) is 81.4 Å². The Morgan fingerprint density at radius 2 is 0.909 bits per heavy atom. The smallest absolute Gasteiger partial charge is 0.408 e. The van der Waals surface area contributed by atoms with Gasteiger partial charge in [-0.25, -0.2) is 45.0 Å². The number of nitrogens with zero attached hydrogens (tertiary/aromatic N) is 7. The summed E-state index contributed by atoms with van der Waals surface area (Å²) in [6.07, 6.45) is -2.03. The summed E-state index contributed by atoms with van der Waals surface area (Å²) in [7, 11) is -13.3. The van der Waals surface area contributed by atoms with Gasteiger partial charge in [0.1, 0.15) is 49.1 Å². The molecule has 2 saturated heterocycles. The van der Waals surface area contributed by atoms with Gasteiger partial charge in [0.2, 0.25) is 31.9 Å². The van der Waals surface area contributed by atoms with Gasteiger partial charge in [0.25, 0.3) is 0 Å². The number of aryl methyl sites for hydroxylation is 2. The van der Waals surface area contributed by atoms with Crippen molar-refractivity contribution in [1.29, 1.82) is 0 Å². The van der Waals surface area contributed by atoms with E-state index in [4.69, 9.17) is 28.9 Å². The number of carbonyl (C=O) groups excluding carboxylic acids is 2. The van der Waals surface area contributed by atoms with Crippen molar-refractivity contribution in [1.82, 2.24) is 37.9 Å². The largest absolute Gasteiger partial charge is 0.465 e. The average molecular weight is 1470 g/mol. The molecule has 7 aromatic rings. The Balaban J connectivity index is 0.000000255. The van der Waals surface area contributed by atoms with Crippen LogP contribution in [0.4, 0.5) is 9.59 Å². The van der Waals surface area contributed by atoms with Crippen molar-refractivity contribution in [3.8, 4) is 0 Å². The summed E-state index contributed by atoms with van der Waals surface area (Å²) in [5.74, 6) is 0.147. The normalized spacial score (nSPS) is 17.1. The van der Waals surface area contributed by atoms with E-state index in [0.717, 1.165) is 71.5 Å². The van der Waals surface area contributed by atoms with E-state index in [9.17, 15) is 46.2 Å². The van der Waals surface area contributed by atoms with E-state index in [1.807, 2.05) is 120 Å². The number of aromatic nitrogens is 4. The minimum absolute atomic E-state index is 0.135. The van der Waals surface area contributed by atoms with Crippen LogP contribution in [0.25, 0.3) is 22.1 Å². The van der Waals surface area contributed by atoms with E-state index in [1.54, 1.807) is 18.2 Å². The number of amides is 4. The molecule has 2 aliphatic heterocycles. The molecule has 0 unspecified atom stereocenters. The van der Waals surface area contributed by atoms with Crippen molar-refractivity contribution >= 4 is 98.4 Å². The summed E-state index contributed by atoms with van der Waals surface area (Å²) < 4.78 is 83.4. The summed E-state index contributed by atoms with van der Waals surface area (Å²) in [4.78, 5) is 62.1. The first kappa shape index (κ1) is 77.9. The van der Waals surface area contributed by atoms with Crippen LogP contribution in [-0.4, -0.2) is 156 Å². The number of rotatable bonds is 32. The highest BCUT2D eigenvalue weighted by Crippen LogP contribution is 2.41. The molecule has 22 nitrogen and oxygen atoms in total. The van der Waals surface area contributed by atoms with Gasteiger partial charge in [0.05, 0.1) is 47.0 Å². The fourth-order valence-electron chi connectivity index (χ4n) is 12.0. The van der Waals surface area contributed by atoms with E-state index in [-0.39, 0.29) is 59.2 Å². The first-order valence-corrected chi connectivity index (χ1v) is 51.8. The molecule has 2 aliphatic rings. The lowest BCUT2D eigenvalue weighted by molar-refractivity contribution is -0.129. The molecule has 2 aromatic heterocycles. The van der Waals surface area contributed by atoms with Gasteiger partial charge < -0.3 is 43.6 Å². The van der Waals surface area contributed by atoms with E-state index < -0.39 is 98.9 Å². The maximum absolute atomic E-state index is 13.7. The third kappa shape index (κ3) is 21.1. The monoisotopic (exact) mass is 1470 g/mol. The zero-order chi connectivity index (χ0) is 72.4. The maximum atomic E-state index is 13.7. The number of imidazole rings is 2. The SMILES string of the molecule is Cc1cc(C[C@@H](c2nc3ccccc3n2COCC[Si](C)(C)C)N(Cc2ccccc2)C(=O)O)ccc1[C@@H]1CC(=O)N(COCC[Si](C)(C)C)S1(=O)=O.Cc1cc(C[C@H](NC(=O)O)c2nc3ccccc3n2COCC[Si](C)(C)C)ccc1[C@H]1CC(=O)N(COCC[Si](C)(C)C)S1(=O)=O. The fourth-order valence-corrected chi connectivity index (χ4v) is 18.6. The van der Waals surface area contributed by atoms with E-state index >= 15 is 0 Å². The van der Waals surface area contributed by atoms with Crippen molar-refractivity contribution in [2.75, 3.05) is 39.9 Å². The zero-order valence-corrected chi connectivity index (χ0v) is 65.7. The van der Waals surface area contributed by atoms with Crippen molar-refractivity contribution in [2.24, 2.45) is 0 Å². The van der Waals surface area contributed by atoms with E-state index in [2.05, 4.69) is 83.9 Å². The number of hydrogen-bond acceptors (Lipinski definition) is 14. The Bertz CT molecular complexity index is 4210. The lowest BCUT2D eigenvalue weighted by Gasteiger charge is -2.30. The lowest BCUT2D eigenvalue weighted by Crippen LogP contribution is -2.36. The molecule has 0 bridgehead atoms. The van der Waals surface area contributed by atoms with Crippen LogP contribution in [0.5, 0.6) is 0 Å². The van der Waals surface area contributed by atoms with Crippen LogP contribution in [0.3, 0.4) is 0 Å². The molecule has 28 heteroatoms. The molecule has 9 rings (SSSR count). The number of fused-ring (bicyclic) bond motifs is 2. The zero-order valence-electron chi connectivity index (χ0n) is 60.0. The predicted octanol–water partition coefficient (Wildman–Crippen LogP) is 14.2. The molecule has 0 aliphatic carbocycles.